The molecule has 0 aliphatic carbocycles. The lowest BCUT2D eigenvalue weighted by Gasteiger charge is -2.37. The van der Waals surface area contributed by atoms with Gasteiger partial charge in [0.1, 0.15) is 0 Å². The van der Waals surface area contributed by atoms with Gasteiger partial charge < -0.3 is 9.84 Å². The molecule has 100 valence electrons. The molecule has 1 aliphatic rings. The summed E-state index contributed by atoms with van der Waals surface area (Å²) in [6, 6.07) is 7.79. The van der Waals surface area contributed by atoms with Crippen LogP contribution in [0, 0.1) is 0 Å². The van der Waals surface area contributed by atoms with Crippen molar-refractivity contribution in [3.63, 3.8) is 0 Å². The van der Waals surface area contributed by atoms with Gasteiger partial charge in [-0.3, -0.25) is 4.90 Å². The van der Waals surface area contributed by atoms with Gasteiger partial charge in [0.05, 0.1) is 18.8 Å². The first-order valence-electron chi connectivity index (χ1n) is 6.36. The molecule has 1 aromatic carbocycles. The van der Waals surface area contributed by atoms with Crippen molar-refractivity contribution in [2.45, 2.75) is 32.1 Å². The van der Waals surface area contributed by atoms with Crippen LogP contribution >= 0.6 is 11.6 Å². The Bertz CT molecular complexity index is 399. The molecule has 0 unspecified atom stereocenters. The number of aliphatic hydroxyl groups is 1. The third-order valence-electron chi connectivity index (χ3n) is 3.41. The Labute approximate surface area is 113 Å². The molecular weight excluding hydrogens is 250 g/mol. The highest BCUT2D eigenvalue weighted by molar-refractivity contribution is 6.31. The molecule has 0 bridgehead atoms. The summed E-state index contributed by atoms with van der Waals surface area (Å²) < 4.78 is 5.58. The van der Waals surface area contributed by atoms with E-state index in [1.54, 1.807) is 0 Å². The molecule has 1 aromatic rings. The van der Waals surface area contributed by atoms with Gasteiger partial charge in [-0.15, -0.1) is 0 Å². The van der Waals surface area contributed by atoms with Gasteiger partial charge in [0.25, 0.3) is 0 Å². The minimum Gasteiger partial charge on any atom is -0.387 e. The quantitative estimate of drug-likeness (QED) is 0.915. The van der Waals surface area contributed by atoms with Crippen LogP contribution in [0.15, 0.2) is 24.3 Å². The Kier molecular flexibility index (Phi) is 4.62. The summed E-state index contributed by atoms with van der Waals surface area (Å²) in [5, 5.41) is 10.9. The van der Waals surface area contributed by atoms with E-state index in [9.17, 15) is 5.11 Å². The minimum absolute atomic E-state index is 0.222. The number of morpholine rings is 1. The third kappa shape index (κ3) is 3.23. The normalized spacial score (nSPS) is 27.1. The molecule has 0 radical (unpaired) electrons. The molecule has 3 nitrogen and oxygen atoms in total. The van der Waals surface area contributed by atoms with Crippen molar-refractivity contribution >= 4 is 11.6 Å². The lowest BCUT2D eigenvalue weighted by atomic mass is 10.1. The number of rotatable bonds is 3. The molecule has 18 heavy (non-hydrogen) atoms. The van der Waals surface area contributed by atoms with Gasteiger partial charge in [-0.1, -0.05) is 29.8 Å². The van der Waals surface area contributed by atoms with E-state index in [1.165, 1.54) is 0 Å². The van der Waals surface area contributed by atoms with Crippen molar-refractivity contribution in [2.24, 2.45) is 0 Å². The van der Waals surface area contributed by atoms with Crippen LogP contribution in [-0.2, 0) is 4.74 Å². The van der Waals surface area contributed by atoms with Crippen LogP contribution in [0.2, 0.25) is 5.02 Å². The van der Waals surface area contributed by atoms with Gasteiger partial charge >= 0.3 is 0 Å². The lowest BCUT2D eigenvalue weighted by molar-refractivity contribution is -0.0619. The summed E-state index contributed by atoms with van der Waals surface area (Å²) >= 11 is 6.10. The van der Waals surface area contributed by atoms with E-state index < -0.39 is 6.10 Å². The van der Waals surface area contributed by atoms with Gasteiger partial charge in [0.2, 0.25) is 0 Å². The second-order valence-corrected chi connectivity index (χ2v) is 5.39. The van der Waals surface area contributed by atoms with Crippen LogP contribution in [0.3, 0.4) is 0 Å². The van der Waals surface area contributed by atoms with E-state index in [2.05, 4.69) is 18.7 Å². The number of ether oxygens (including phenoxy) is 1. The maximum absolute atomic E-state index is 10.3. The van der Waals surface area contributed by atoms with E-state index in [0.717, 1.165) is 18.7 Å². The molecule has 0 aromatic heterocycles. The largest absolute Gasteiger partial charge is 0.387 e. The number of benzene rings is 1. The number of hydrogen-bond acceptors (Lipinski definition) is 3. The first-order valence-corrected chi connectivity index (χ1v) is 6.74. The number of β-amino-alcohol motifs (C(OH)–C–C–N with tert-alkyl or cyclic N) is 1. The molecule has 1 N–H and O–H groups in total. The Hall–Kier alpha value is -0.610. The predicted molar refractivity (Wildman–Crippen MR) is 72.9 cm³/mol. The Morgan fingerprint density at radius 3 is 2.89 bits per heavy atom. The first-order chi connectivity index (χ1) is 8.58. The van der Waals surface area contributed by atoms with Crippen molar-refractivity contribution < 1.29 is 9.84 Å². The molecule has 1 heterocycles. The highest BCUT2D eigenvalue weighted by Gasteiger charge is 2.26. The number of hydrogen-bond donors (Lipinski definition) is 1. The summed E-state index contributed by atoms with van der Waals surface area (Å²) in [6.45, 7) is 6.34. The van der Waals surface area contributed by atoms with E-state index in [-0.39, 0.29) is 6.10 Å². The molecule has 0 spiro atoms. The fraction of sp³-hybridized carbons (Fsp3) is 0.571. The first kappa shape index (κ1) is 13.8. The highest BCUT2D eigenvalue weighted by atomic mass is 35.5. The number of aliphatic hydroxyl groups excluding tert-OH is 1. The molecule has 1 aliphatic heterocycles. The van der Waals surface area contributed by atoms with Crippen LogP contribution in [0.4, 0.5) is 0 Å². The van der Waals surface area contributed by atoms with Crippen molar-refractivity contribution in [3.8, 4) is 0 Å². The zero-order valence-corrected chi connectivity index (χ0v) is 11.6. The molecular formula is C14H20ClNO2. The average molecular weight is 270 g/mol. The fourth-order valence-corrected chi connectivity index (χ4v) is 2.55. The SMILES string of the molecule is C[C@@H]1CN(C[C@H](O)c2ccccc2Cl)[C@H](C)CO1. The Balaban J connectivity index is 2.02. The second kappa shape index (κ2) is 6.02. The van der Waals surface area contributed by atoms with E-state index in [1.807, 2.05) is 24.3 Å². The fourth-order valence-electron chi connectivity index (χ4n) is 2.29. The number of halogens is 1. The van der Waals surface area contributed by atoms with E-state index >= 15 is 0 Å². The molecule has 1 saturated heterocycles. The third-order valence-corrected chi connectivity index (χ3v) is 3.75. The second-order valence-electron chi connectivity index (χ2n) is 4.98. The van der Waals surface area contributed by atoms with Gasteiger partial charge in [-0.2, -0.15) is 0 Å². The van der Waals surface area contributed by atoms with Crippen LogP contribution in [-0.4, -0.2) is 41.8 Å². The van der Waals surface area contributed by atoms with E-state index in [4.69, 9.17) is 16.3 Å². The smallest absolute Gasteiger partial charge is 0.0931 e. The van der Waals surface area contributed by atoms with Gasteiger partial charge in [-0.25, -0.2) is 0 Å². The van der Waals surface area contributed by atoms with Crippen LogP contribution in [0.25, 0.3) is 0 Å². The number of nitrogens with zero attached hydrogens (tertiary/aromatic N) is 1. The maximum Gasteiger partial charge on any atom is 0.0931 e. The van der Waals surface area contributed by atoms with Crippen LogP contribution in [0.5, 0.6) is 0 Å². The predicted octanol–water partition coefficient (Wildman–Crippen LogP) is 2.48. The van der Waals surface area contributed by atoms with Gasteiger partial charge in [0.15, 0.2) is 0 Å². The zero-order chi connectivity index (χ0) is 13.1. The van der Waals surface area contributed by atoms with Gasteiger partial charge in [-0.05, 0) is 19.9 Å². The summed E-state index contributed by atoms with van der Waals surface area (Å²) in [5.74, 6) is 0. The summed E-state index contributed by atoms with van der Waals surface area (Å²) in [5.41, 5.74) is 0.797. The summed E-state index contributed by atoms with van der Waals surface area (Å²) in [4.78, 5) is 2.25. The van der Waals surface area contributed by atoms with Crippen molar-refractivity contribution in [1.29, 1.82) is 0 Å². The van der Waals surface area contributed by atoms with Crippen molar-refractivity contribution in [3.05, 3.63) is 34.9 Å². The van der Waals surface area contributed by atoms with Crippen LogP contribution < -0.4 is 0 Å². The van der Waals surface area contributed by atoms with Crippen molar-refractivity contribution in [1.82, 2.24) is 4.90 Å². The van der Waals surface area contributed by atoms with Gasteiger partial charge in [0, 0.05) is 29.7 Å². The highest BCUT2D eigenvalue weighted by Crippen LogP contribution is 2.24. The minimum atomic E-state index is -0.550. The molecule has 2 rings (SSSR count). The summed E-state index contributed by atoms with van der Waals surface area (Å²) in [7, 11) is 0. The molecule has 3 atom stereocenters. The topological polar surface area (TPSA) is 32.7 Å². The van der Waals surface area contributed by atoms with E-state index in [0.29, 0.717) is 17.6 Å². The lowest BCUT2D eigenvalue weighted by Crippen LogP contribution is -2.48. The standard InChI is InChI=1S/C14H20ClNO2/c1-10-9-18-11(2)7-16(10)8-14(17)12-5-3-4-6-13(12)15/h3-6,10-11,14,17H,7-9H2,1-2H3/t10-,11-,14+/m1/s1. The molecule has 1 fully saturated rings. The molecule has 4 heteroatoms. The van der Waals surface area contributed by atoms with Crippen LogP contribution in [0.1, 0.15) is 25.5 Å². The average Bonchev–Trinajstić information content (AvgIpc) is 2.34. The Morgan fingerprint density at radius 2 is 2.17 bits per heavy atom. The molecule has 0 saturated carbocycles. The molecule has 0 amide bonds. The summed E-state index contributed by atoms with van der Waals surface area (Å²) in [6.07, 6.45) is -0.328. The maximum atomic E-state index is 10.3. The monoisotopic (exact) mass is 269 g/mol. The zero-order valence-electron chi connectivity index (χ0n) is 10.8. The Morgan fingerprint density at radius 1 is 1.44 bits per heavy atom. The van der Waals surface area contributed by atoms with Crippen molar-refractivity contribution in [2.75, 3.05) is 19.7 Å².